The molecule has 182 valence electrons. The fourth-order valence-corrected chi connectivity index (χ4v) is 5.17. The quantitative estimate of drug-likeness (QED) is 0.264. The lowest BCUT2D eigenvalue weighted by molar-refractivity contribution is -0.127. The van der Waals surface area contributed by atoms with Gasteiger partial charge in [-0.15, -0.1) is 0 Å². The first-order valence-electron chi connectivity index (χ1n) is 11.5. The van der Waals surface area contributed by atoms with Crippen molar-refractivity contribution in [3.63, 3.8) is 0 Å². The van der Waals surface area contributed by atoms with E-state index in [1.54, 1.807) is 41.6 Å². The summed E-state index contributed by atoms with van der Waals surface area (Å²) in [4.78, 5) is 35.2. The van der Waals surface area contributed by atoms with Gasteiger partial charge in [0, 0.05) is 36.6 Å². The Kier molecular flexibility index (Phi) is 6.68. The molecule has 0 unspecified atom stereocenters. The van der Waals surface area contributed by atoms with E-state index in [0.717, 1.165) is 32.9 Å². The van der Waals surface area contributed by atoms with Gasteiger partial charge in [0.15, 0.2) is 0 Å². The fourth-order valence-electron chi connectivity index (χ4n) is 4.51. The minimum atomic E-state index is -0.249. The molecule has 0 saturated carbocycles. The van der Waals surface area contributed by atoms with Crippen molar-refractivity contribution >= 4 is 56.9 Å². The summed E-state index contributed by atoms with van der Waals surface area (Å²) in [5, 5.41) is 8.54. The highest BCUT2D eigenvalue weighted by Crippen LogP contribution is 2.37. The lowest BCUT2D eigenvalue weighted by Gasteiger charge is -2.32. The van der Waals surface area contributed by atoms with Crippen molar-refractivity contribution in [3.8, 4) is 11.3 Å². The predicted octanol–water partition coefficient (Wildman–Crippen LogP) is 4.28. The Balaban J connectivity index is 1.51. The van der Waals surface area contributed by atoms with Crippen LogP contribution in [0.5, 0.6) is 0 Å². The maximum atomic E-state index is 12.7. The molecular weight excluding hydrogens is 569 g/mol. The molecule has 9 nitrogen and oxygen atoms in total. The zero-order valence-electron chi connectivity index (χ0n) is 19.4. The number of piperidine rings is 1. The Morgan fingerprint density at radius 2 is 1.97 bits per heavy atom. The minimum Gasteiger partial charge on any atom is -0.383 e. The van der Waals surface area contributed by atoms with Gasteiger partial charge in [-0.1, -0.05) is 24.8 Å². The number of pyridine rings is 2. The smallest absolute Gasteiger partial charge is 0.256 e. The highest BCUT2D eigenvalue weighted by atomic mass is 127. The molecule has 1 aliphatic heterocycles. The average molecular weight is 593 g/mol. The third kappa shape index (κ3) is 4.55. The van der Waals surface area contributed by atoms with Crippen molar-refractivity contribution in [2.75, 3.05) is 24.1 Å². The Bertz CT molecular complexity index is 1450. The maximum absolute atomic E-state index is 12.7. The van der Waals surface area contributed by atoms with Crippen LogP contribution in [0, 0.1) is 3.57 Å². The molecule has 5 rings (SSSR count). The number of carbonyl (C=O) groups is 2. The number of nitrogens with zero attached hydrogens (tertiary/aromatic N) is 5. The lowest BCUT2D eigenvalue weighted by Crippen LogP contribution is -2.40. The molecule has 1 aromatic carbocycles. The Morgan fingerprint density at radius 1 is 1.17 bits per heavy atom. The molecule has 2 amide bonds. The van der Waals surface area contributed by atoms with Crippen molar-refractivity contribution in [2.45, 2.75) is 18.9 Å². The van der Waals surface area contributed by atoms with E-state index in [1.807, 2.05) is 22.9 Å². The van der Waals surface area contributed by atoms with Crippen molar-refractivity contribution in [1.29, 1.82) is 0 Å². The van der Waals surface area contributed by atoms with Gasteiger partial charge in [-0.25, -0.2) is 9.97 Å². The van der Waals surface area contributed by atoms with Crippen LogP contribution in [0.3, 0.4) is 0 Å². The number of nitrogens with one attached hydrogen (secondary N) is 1. The van der Waals surface area contributed by atoms with Gasteiger partial charge < -0.3 is 16.0 Å². The first kappa shape index (κ1) is 23.9. The normalized spacial score (nSPS) is 15.6. The number of fused-ring (bicyclic) bond motifs is 1. The van der Waals surface area contributed by atoms with Crippen molar-refractivity contribution in [1.82, 2.24) is 24.6 Å². The third-order valence-electron chi connectivity index (χ3n) is 6.27. The van der Waals surface area contributed by atoms with Crippen LogP contribution in [0.1, 0.15) is 29.2 Å². The third-order valence-corrected chi connectivity index (χ3v) is 7.05. The second-order valence-electron chi connectivity index (χ2n) is 8.54. The minimum absolute atomic E-state index is 0.00219. The van der Waals surface area contributed by atoms with Crippen LogP contribution in [0.15, 0.2) is 67.5 Å². The number of nitrogens with two attached hydrogens (primary N) is 1. The van der Waals surface area contributed by atoms with E-state index in [2.05, 4.69) is 44.5 Å². The fraction of sp³-hybridized carbons (Fsp3) is 0.192. The van der Waals surface area contributed by atoms with Crippen molar-refractivity contribution in [2.24, 2.45) is 0 Å². The van der Waals surface area contributed by atoms with Crippen LogP contribution in [-0.2, 0) is 4.79 Å². The number of hydrogen-bond donors (Lipinski definition) is 2. The molecule has 1 atom stereocenters. The van der Waals surface area contributed by atoms with E-state index >= 15 is 0 Å². The van der Waals surface area contributed by atoms with Gasteiger partial charge in [-0.2, -0.15) is 5.10 Å². The van der Waals surface area contributed by atoms with Gasteiger partial charge in [0.05, 0.1) is 20.5 Å². The van der Waals surface area contributed by atoms with Crippen LogP contribution < -0.4 is 11.1 Å². The van der Waals surface area contributed by atoms with Gasteiger partial charge in [-0.3, -0.25) is 14.3 Å². The number of benzene rings is 1. The number of aromatic nitrogens is 4. The zero-order valence-corrected chi connectivity index (χ0v) is 21.6. The Morgan fingerprint density at radius 3 is 2.69 bits per heavy atom. The summed E-state index contributed by atoms with van der Waals surface area (Å²) < 4.78 is 2.91. The maximum Gasteiger partial charge on any atom is 0.256 e. The van der Waals surface area contributed by atoms with Crippen LogP contribution in [-0.4, -0.2) is 49.6 Å². The van der Waals surface area contributed by atoms with Gasteiger partial charge in [-0.05, 0) is 65.8 Å². The molecule has 1 fully saturated rings. The largest absolute Gasteiger partial charge is 0.383 e. The van der Waals surface area contributed by atoms with Gasteiger partial charge >= 0.3 is 0 Å². The predicted molar refractivity (Wildman–Crippen MR) is 147 cm³/mol. The molecule has 36 heavy (non-hydrogen) atoms. The van der Waals surface area contributed by atoms with E-state index in [-0.39, 0.29) is 17.9 Å². The Labute approximate surface area is 221 Å². The van der Waals surface area contributed by atoms with Gasteiger partial charge in [0.2, 0.25) is 5.91 Å². The molecule has 1 aliphatic rings. The second-order valence-corrected chi connectivity index (χ2v) is 9.70. The molecule has 10 heteroatoms. The number of carbonyl (C=O) groups excluding carboxylic acids is 2. The molecule has 0 radical (unpaired) electrons. The standard InChI is InChI=1S/C26H24IN7O2/c1-2-21(35)33-13-5-6-18(15-33)34-24-19(27)14-30-25(28)22(24)23(32-34)16-8-10-17(11-9-16)26(36)31-20-7-3-4-12-29-20/h2-4,7-12,14,18H,1,5-6,13,15H2,(H2,28,30)(H,29,31,36)/t18-/m1/s1. The summed E-state index contributed by atoms with van der Waals surface area (Å²) in [6.45, 7) is 4.88. The molecule has 1 saturated heterocycles. The number of rotatable bonds is 5. The Hall–Kier alpha value is -3.80. The topological polar surface area (TPSA) is 119 Å². The summed E-state index contributed by atoms with van der Waals surface area (Å²) in [6.07, 6.45) is 6.48. The number of likely N-dealkylation sites (tertiary alicyclic amines) is 1. The van der Waals surface area contributed by atoms with Crippen molar-refractivity contribution < 1.29 is 9.59 Å². The van der Waals surface area contributed by atoms with E-state index in [0.29, 0.717) is 36.0 Å². The molecule has 4 aromatic rings. The highest BCUT2D eigenvalue weighted by molar-refractivity contribution is 14.1. The van der Waals surface area contributed by atoms with Crippen LogP contribution in [0.2, 0.25) is 0 Å². The van der Waals surface area contributed by atoms with Crippen LogP contribution in [0.25, 0.3) is 22.2 Å². The lowest BCUT2D eigenvalue weighted by atomic mass is 10.0. The second kappa shape index (κ2) is 10.1. The van der Waals surface area contributed by atoms with E-state index < -0.39 is 0 Å². The highest BCUT2D eigenvalue weighted by Gasteiger charge is 2.28. The van der Waals surface area contributed by atoms with Gasteiger partial charge in [0.25, 0.3) is 5.91 Å². The number of anilines is 2. The summed E-state index contributed by atoms with van der Waals surface area (Å²) in [7, 11) is 0. The molecule has 3 N–H and O–H groups in total. The average Bonchev–Trinajstić information content (AvgIpc) is 3.33. The number of nitrogen functional groups attached to an aromatic ring is 1. The van der Waals surface area contributed by atoms with E-state index in [9.17, 15) is 9.59 Å². The number of amides is 2. The molecule has 0 spiro atoms. The summed E-state index contributed by atoms with van der Waals surface area (Å²) in [5.74, 6) is 0.548. The first-order chi connectivity index (χ1) is 17.5. The van der Waals surface area contributed by atoms with Crippen LogP contribution >= 0.6 is 22.6 Å². The molecule has 0 aliphatic carbocycles. The van der Waals surface area contributed by atoms with Crippen molar-refractivity contribution in [3.05, 3.63) is 76.6 Å². The molecular formula is C26H24IN7O2. The zero-order chi connectivity index (χ0) is 25.2. The molecule has 3 aromatic heterocycles. The first-order valence-corrected chi connectivity index (χ1v) is 12.6. The molecule has 0 bridgehead atoms. The summed E-state index contributed by atoms with van der Waals surface area (Å²) in [6, 6.07) is 12.5. The summed E-state index contributed by atoms with van der Waals surface area (Å²) in [5.41, 5.74) is 9.26. The van der Waals surface area contributed by atoms with E-state index in [1.165, 1.54) is 6.08 Å². The SMILES string of the molecule is C=CC(=O)N1CCC[C@@H](n2nc(-c3ccc(C(=O)Nc4ccccn4)cc3)c3c(N)ncc(I)c32)C1. The molecule has 4 heterocycles. The monoisotopic (exact) mass is 593 g/mol. The van der Waals surface area contributed by atoms with Gasteiger partial charge in [0.1, 0.15) is 17.3 Å². The number of hydrogen-bond acceptors (Lipinski definition) is 6. The van der Waals surface area contributed by atoms with E-state index in [4.69, 9.17) is 10.8 Å². The summed E-state index contributed by atoms with van der Waals surface area (Å²) >= 11 is 2.25. The number of halogens is 1. The van der Waals surface area contributed by atoms with Crippen LogP contribution in [0.4, 0.5) is 11.6 Å².